The van der Waals surface area contributed by atoms with Gasteiger partial charge in [0.25, 0.3) is 5.88 Å². The van der Waals surface area contributed by atoms with E-state index in [0.29, 0.717) is 0 Å². The maximum atomic E-state index is 10.3. The molecule has 1 aromatic heterocycles. The summed E-state index contributed by atoms with van der Waals surface area (Å²) in [7, 11) is -4.71. The first-order valence-electron chi connectivity index (χ1n) is 3.15. The third-order valence-corrected chi connectivity index (χ3v) is 1.51. The van der Waals surface area contributed by atoms with Crippen LogP contribution in [0.5, 0.6) is 5.88 Å². The fourth-order valence-electron chi connectivity index (χ4n) is 0.646. The van der Waals surface area contributed by atoms with Crippen LogP contribution in [0.4, 0.5) is 17.5 Å². The maximum absolute atomic E-state index is 10.3. The molecule has 0 aromatic carbocycles. The van der Waals surface area contributed by atoms with Gasteiger partial charge in [-0.3, -0.25) is 4.55 Å². The molecule has 7 N–H and O–H groups in total. The van der Waals surface area contributed by atoms with Crippen molar-refractivity contribution < 1.29 is 17.2 Å². The van der Waals surface area contributed by atoms with E-state index < -0.39 is 16.3 Å². The highest BCUT2D eigenvalue weighted by Crippen LogP contribution is 2.24. The molecule has 0 amide bonds. The number of anilines is 3. The van der Waals surface area contributed by atoms with E-state index in [1.165, 1.54) is 0 Å². The predicted molar refractivity (Wildman–Crippen MR) is 47.4 cm³/mol. The van der Waals surface area contributed by atoms with Gasteiger partial charge in [0, 0.05) is 0 Å². The van der Waals surface area contributed by atoms with Crippen molar-refractivity contribution in [3.05, 3.63) is 0 Å². The quantitative estimate of drug-likeness (QED) is 0.430. The monoisotopic (exact) mass is 221 g/mol. The lowest BCUT2D eigenvalue weighted by molar-refractivity contribution is 0.382. The molecule has 1 rings (SSSR count). The highest BCUT2D eigenvalue weighted by molar-refractivity contribution is 7.81. The van der Waals surface area contributed by atoms with Crippen LogP contribution < -0.4 is 21.4 Å². The summed E-state index contributed by atoms with van der Waals surface area (Å²) in [5, 5.41) is 0. The van der Waals surface area contributed by atoms with Crippen molar-refractivity contribution in [1.29, 1.82) is 0 Å². The van der Waals surface area contributed by atoms with Gasteiger partial charge in [0.2, 0.25) is 5.95 Å². The molecule has 78 valence electrons. The summed E-state index contributed by atoms with van der Waals surface area (Å²) in [4.78, 5) is 6.75. The highest BCUT2D eigenvalue weighted by atomic mass is 32.3. The minimum Gasteiger partial charge on any atom is -0.391 e. The van der Waals surface area contributed by atoms with E-state index in [1.54, 1.807) is 0 Å². The van der Waals surface area contributed by atoms with Crippen molar-refractivity contribution in [2.24, 2.45) is 0 Å². The molecule has 0 unspecified atom stereocenters. The maximum Gasteiger partial charge on any atom is 0.448 e. The zero-order chi connectivity index (χ0) is 10.9. The molecule has 0 aliphatic carbocycles. The Balaban J connectivity index is 3.22. The third-order valence-electron chi connectivity index (χ3n) is 1.14. The van der Waals surface area contributed by atoms with Gasteiger partial charge in [-0.25, -0.2) is 0 Å². The Kier molecular flexibility index (Phi) is 2.32. The molecule has 1 aromatic rings. The van der Waals surface area contributed by atoms with Crippen LogP contribution in [0.25, 0.3) is 0 Å². The number of hydrogen-bond donors (Lipinski definition) is 4. The smallest absolute Gasteiger partial charge is 0.391 e. The topological polar surface area (TPSA) is 167 Å². The minimum atomic E-state index is -4.71. The molecule has 0 fully saturated rings. The second kappa shape index (κ2) is 3.16. The molecule has 0 aliphatic heterocycles. The zero-order valence-electron chi connectivity index (χ0n) is 6.71. The van der Waals surface area contributed by atoms with Crippen LogP contribution >= 0.6 is 0 Å². The fourth-order valence-corrected chi connectivity index (χ4v) is 0.972. The van der Waals surface area contributed by atoms with Crippen LogP contribution in [0.3, 0.4) is 0 Å². The van der Waals surface area contributed by atoms with Crippen molar-refractivity contribution in [2.75, 3.05) is 17.2 Å². The van der Waals surface area contributed by atoms with E-state index in [2.05, 4.69) is 14.2 Å². The van der Waals surface area contributed by atoms with Gasteiger partial charge in [-0.15, -0.1) is 0 Å². The Hall–Kier alpha value is -1.81. The van der Waals surface area contributed by atoms with E-state index in [0.717, 1.165) is 0 Å². The molecule has 0 aliphatic rings. The van der Waals surface area contributed by atoms with Gasteiger partial charge in [0.05, 0.1) is 0 Å². The predicted octanol–water partition coefficient (Wildman–Crippen LogP) is -1.60. The van der Waals surface area contributed by atoms with Crippen LogP contribution in [0.15, 0.2) is 0 Å². The SMILES string of the molecule is Nc1nc(N)c(N)c(OS(=O)(=O)O)n1. The number of nitrogens with zero attached hydrogens (tertiary/aromatic N) is 2. The van der Waals surface area contributed by atoms with Crippen molar-refractivity contribution >= 4 is 27.9 Å². The van der Waals surface area contributed by atoms with Gasteiger partial charge < -0.3 is 21.4 Å². The van der Waals surface area contributed by atoms with E-state index in [9.17, 15) is 8.42 Å². The number of nitrogens with two attached hydrogens (primary N) is 3. The van der Waals surface area contributed by atoms with E-state index in [-0.39, 0.29) is 17.5 Å². The second-order valence-electron chi connectivity index (χ2n) is 2.20. The van der Waals surface area contributed by atoms with Crippen LogP contribution in [0.2, 0.25) is 0 Å². The van der Waals surface area contributed by atoms with Crippen LogP contribution in [-0.4, -0.2) is 22.9 Å². The normalized spacial score (nSPS) is 11.2. The molecule has 14 heavy (non-hydrogen) atoms. The molecule has 1 heterocycles. The molecule has 0 radical (unpaired) electrons. The van der Waals surface area contributed by atoms with Crippen LogP contribution in [-0.2, 0) is 10.4 Å². The third kappa shape index (κ3) is 2.34. The fraction of sp³-hybridized carbons (Fsp3) is 0. The average Bonchev–Trinajstić information content (AvgIpc) is 1.96. The van der Waals surface area contributed by atoms with Gasteiger partial charge in [0.15, 0.2) is 5.82 Å². The number of nitrogen functional groups attached to an aromatic ring is 3. The summed E-state index contributed by atoms with van der Waals surface area (Å²) < 4.78 is 32.9. The molecule has 0 saturated heterocycles. The van der Waals surface area contributed by atoms with Crippen molar-refractivity contribution in [3.63, 3.8) is 0 Å². The molecule has 9 nitrogen and oxygen atoms in total. The lowest BCUT2D eigenvalue weighted by atomic mass is 10.5. The second-order valence-corrected chi connectivity index (χ2v) is 3.22. The number of hydrogen-bond acceptors (Lipinski definition) is 8. The summed E-state index contributed by atoms with van der Waals surface area (Å²) in [5.41, 5.74) is 15.3. The lowest BCUT2D eigenvalue weighted by Gasteiger charge is -2.05. The summed E-state index contributed by atoms with van der Waals surface area (Å²) in [6.45, 7) is 0. The van der Waals surface area contributed by atoms with E-state index in [1.807, 2.05) is 0 Å². The Labute approximate surface area is 78.8 Å². The summed E-state index contributed by atoms with van der Waals surface area (Å²) in [6.07, 6.45) is 0. The van der Waals surface area contributed by atoms with Gasteiger partial charge in [0.1, 0.15) is 5.69 Å². The molecule has 0 spiro atoms. The number of rotatable bonds is 2. The van der Waals surface area contributed by atoms with E-state index >= 15 is 0 Å². The first-order valence-corrected chi connectivity index (χ1v) is 4.51. The van der Waals surface area contributed by atoms with Crippen molar-refractivity contribution in [1.82, 2.24) is 9.97 Å². The van der Waals surface area contributed by atoms with Crippen LogP contribution in [0.1, 0.15) is 0 Å². The minimum absolute atomic E-state index is 0.240. The van der Waals surface area contributed by atoms with Crippen molar-refractivity contribution in [2.45, 2.75) is 0 Å². The Bertz CT molecular complexity index is 457. The standard InChI is InChI=1S/C4H7N5O4S/c5-1-2(6)8-4(7)9-3(1)13-14(10,11)12/h5H2,(H,10,11,12)(H4,6,7,8,9). The Morgan fingerprint density at radius 1 is 1.21 bits per heavy atom. The molecule has 0 saturated carbocycles. The van der Waals surface area contributed by atoms with Gasteiger partial charge >= 0.3 is 10.4 Å². The molecular weight excluding hydrogens is 214 g/mol. The van der Waals surface area contributed by atoms with Gasteiger partial charge in [-0.05, 0) is 0 Å². The Morgan fingerprint density at radius 3 is 2.29 bits per heavy atom. The number of aromatic nitrogens is 2. The average molecular weight is 221 g/mol. The van der Waals surface area contributed by atoms with Gasteiger partial charge in [-0.2, -0.15) is 18.4 Å². The molecule has 10 heteroatoms. The molecule has 0 atom stereocenters. The summed E-state index contributed by atoms with van der Waals surface area (Å²) >= 11 is 0. The summed E-state index contributed by atoms with van der Waals surface area (Å²) in [6, 6.07) is 0. The van der Waals surface area contributed by atoms with Crippen molar-refractivity contribution in [3.8, 4) is 5.88 Å². The zero-order valence-corrected chi connectivity index (χ0v) is 7.52. The summed E-state index contributed by atoms with van der Waals surface area (Å²) in [5.74, 6) is -1.18. The largest absolute Gasteiger partial charge is 0.448 e. The van der Waals surface area contributed by atoms with E-state index in [4.69, 9.17) is 21.8 Å². The van der Waals surface area contributed by atoms with Gasteiger partial charge in [-0.1, -0.05) is 0 Å². The first kappa shape index (κ1) is 10.3. The van der Waals surface area contributed by atoms with Crippen LogP contribution in [0, 0.1) is 0 Å². The first-order chi connectivity index (χ1) is 6.29. The molecular formula is C4H7N5O4S. The molecule has 0 bridgehead atoms. The Morgan fingerprint density at radius 2 is 1.79 bits per heavy atom. The lowest BCUT2D eigenvalue weighted by Crippen LogP contribution is -2.12. The highest BCUT2D eigenvalue weighted by Gasteiger charge is 2.15.